The SMILES string of the molecule is CCOc1cc(/C=C2/SC(=S)N(NC(=O)c3ccccc3)C2=O)ccc1OCC(=O)N1CCOCC1. The molecule has 0 saturated carbocycles. The predicted octanol–water partition coefficient (Wildman–Crippen LogP) is 2.87. The fourth-order valence-corrected chi connectivity index (χ4v) is 4.70. The molecule has 2 saturated heterocycles. The minimum Gasteiger partial charge on any atom is -0.490 e. The summed E-state index contributed by atoms with van der Waals surface area (Å²) in [5.41, 5.74) is 3.66. The number of nitrogens with one attached hydrogen (secondary N) is 1. The highest BCUT2D eigenvalue weighted by molar-refractivity contribution is 8.26. The molecule has 36 heavy (non-hydrogen) atoms. The molecule has 0 radical (unpaired) electrons. The third-order valence-electron chi connectivity index (χ3n) is 5.32. The van der Waals surface area contributed by atoms with Crippen LogP contribution in [0.4, 0.5) is 0 Å². The number of benzene rings is 2. The van der Waals surface area contributed by atoms with E-state index in [9.17, 15) is 14.4 Å². The lowest BCUT2D eigenvalue weighted by atomic mass is 10.2. The minimum atomic E-state index is -0.431. The molecule has 188 valence electrons. The Morgan fingerprint density at radius 2 is 1.86 bits per heavy atom. The van der Waals surface area contributed by atoms with E-state index in [0.717, 1.165) is 16.8 Å². The Kier molecular flexibility index (Phi) is 8.57. The molecule has 0 bridgehead atoms. The first-order chi connectivity index (χ1) is 17.5. The Morgan fingerprint density at radius 3 is 2.58 bits per heavy atom. The quantitative estimate of drug-likeness (QED) is 0.414. The van der Waals surface area contributed by atoms with Crippen LogP contribution < -0.4 is 14.9 Å². The summed E-state index contributed by atoms with van der Waals surface area (Å²) in [5, 5.41) is 1.07. The van der Waals surface area contributed by atoms with Crippen molar-refractivity contribution >= 4 is 52.1 Å². The van der Waals surface area contributed by atoms with Crippen LogP contribution in [0.15, 0.2) is 53.4 Å². The van der Waals surface area contributed by atoms with Crippen LogP contribution >= 0.6 is 24.0 Å². The van der Waals surface area contributed by atoms with Gasteiger partial charge in [-0.25, -0.2) is 0 Å². The Hall–Kier alpha value is -3.41. The number of nitrogens with zero attached hydrogens (tertiary/aromatic N) is 2. The molecule has 9 nitrogen and oxygen atoms in total. The summed E-state index contributed by atoms with van der Waals surface area (Å²) in [4.78, 5) is 39.9. The number of hydrogen-bond acceptors (Lipinski definition) is 8. The zero-order chi connectivity index (χ0) is 25.5. The maximum absolute atomic E-state index is 12.9. The maximum Gasteiger partial charge on any atom is 0.285 e. The second-order valence-corrected chi connectivity index (χ2v) is 9.42. The van der Waals surface area contributed by atoms with Gasteiger partial charge in [-0.1, -0.05) is 36.0 Å². The average molecular weight is 528 g/mol. The van der Waals surface area contributed by atoms with E-state index < -0.39 is 11.8 Å². The largest absolute Gasteiger partial charge is 0.490 e. The topological polar surface area (TPSA) is 97.4 Å². The number of ether oxygens (including phenoxy) is 3. The summed E-state index contributed by atoms with van der Waals surface area (Å²) in [6, 6.07) is 13.8. The lowest BCUT2D eigenvalue weighted by Gasteiger charge is -2.26. The molecule has 0 atom stereocenters. The van der Waals surface area contributed by atoms with Crippen LogP contribution in [0.25, 0.3) is 6.08 Å². The van der Waals surface area contributed by atoms with Gasteiger partial charge < -0.3 is 19.1 Å². The van der Waals surface area contributed by atoms with Gasteiger partial charge in [-0.15, -0.1) is 0 Å². The van der Waals surface area contributed by atoms with E-state index in [4.69, 9.17) is 26.4 Å². The molecule has 0 aliphatic carbocycles. The molecule has 2 fully saturated rings. The van der Waals surface area contributed by atoms with Crippen molar-refractivity contribution in [2.45, 2.75) is 6.92 Å². The number of morpholine rings is 1. The second kappa shape index (κ2) is 12.0. The van der Waals surface area contributed by atoms with Gasteiger partial charge in [0.25, 0.3) is 17.7 Å². The van der Waals surface area contributed by atoms with E-state index in [-0.39, 0.29) is 16.8 Å². The molecular formula is C25H25N3O6S2. The molecule has 3 amide bonds. The van der Waals surface area contributed by atoms with Gasteiger partial charge in [0.1, 0.15) is 0 Å². The van der Waals surface area contributed by atoms with Crippen molar-refractivity contribution in [2.24, 2.45) is 0 Å². The van der Waals surface area contributed by atoms with E-state index in [2.05, 4.69) is 5.43 Å². The van der Waals surface area contributed by atoms with Gasteiger partial charge in [0.15, 0.2) is 22.4 Å². The van der Waals surface area contributed by atoms with Crippen LogP contribution in [-0.4, -0.2) is 71.5 Å². The number of carbonyl (C=O) groups excluding carboxylic acids is 3. The molecule has 4 rings (SSSR count). The van der Waals surface area contributed by atoms with Crippen molar-refractivity contribution in [3.63, 3.8) is 0 Å². The van der Waals surface area contributed by atoms with E-state index >= 15 is 0 Å². The molecular weight excluding hydrogens is 502 g/mol. The molecule has 2 heterocycles. The summed E-state index contributed by atoms with van der Waals surface area (Å²) < 4.78 is 16.9. The van der Waals surface area contributed by atoms with Gasteiger partial charge in [-0.2, -0.15) is 5.01 Å². The van der Waals surface area contributed by atoms with Crippen LogP contribution in [0.1, 0.15) is 22.8 Å². The van der Waals surface area contributed by atoms with Crippen molar-refractivity contribution in [3.05, 3.63) is 64.6 Å². The van der Waals surface area contributed by atoms with Crippen LogP contribution in [0.2, 0.25) is 0 Å². The summed E-state index contributed by atoms with van der Waals surface area (Å²) in [6.45, 7) is 4.26. The number of carbonyl (C=O) groups is 3. The predicted molar refractivity (Wildman–Crippen MR) is 139 cm³/mol. The minimum absolute atomic E-state index is 0.112. The number of hydrogen-bond donors (Lipinski definition) is 1. The van der Waals surface area contributed by atoms with Crippen molar-refractivity contribution in [1.82, 2.24) is 15.3 Å². The number of thioether (sulfide) groups is 1. The Morgan fingerprint density at radius 1 is 1.11 bits per heavy atom. The lowest BCUT2D eigenvalue weighted by Crippen LogP contribution is -2.44. The monoisotopic (exact) mass is 527 g/mol. The average Bonchev–Trinajstić information content (AvgIpc) is 3.16. The second-order valence-electron chi connectivity index (χ2n) is 7.75. The van der Waals surface area contributed by atoms with E-state index in [1.165, 1.54) is 0 Å². The van der Waals surface area contributed by atoms with Gasteiger partial charge in [0.2, 0.25) is 0 Å². The van der Waals surface area contributed by atoms with E-state index in [0.29, 0.717) is 60.4 Å². The highest BCUT2D eigenvalue weighted by atomic mass is 32.2. The molecule has 11 heteroatoms. The summed E-state index contributed by atoms with van der Waals surface area (Å²) >= 11 is 6.39. The van der Waals surface area contributed by atoms with Gasteiger partial charge in [-0.05, 0) is 55.0 Å². The zero-order valence-corrected chi connectivity index (χ0v) is 21.2. The standard InChI is InChI=1S/C25H25N3O6S2/c1-2-33-20-14-17(8-9-19(20)34-16-22(29)27-10-12-32-13-11-27)15-21-24(31)28(25(35)36-21)26-23(30)18-6-4-3-5-7-18/h3-9,14-15H,2,10-13,16H2,1H3,(H,26,30)/b21-15+. The van der Waals surface area contributed by atoms with Gasteiger partial charge in [0, 0.05) is 18.7 Å². The van der Waals surface area contributed by atoms with E-state index in [1.807, 2.05) is 6.92 Å². The highest BCUT2D eigenvalue weighted by Gasteiger charge is 2.33. The van der Waals surface area contributed by atoms with Crippen LogP contribution in [-0.2, 0) is 14.3 Å². The smallest absolute Gasteiger partial charge is 0.285 e. The summed E-state index contributed by atoms with van der Waals surface area (Å²) in [7, 11) is 0. The molecule has 2 aliphatic heterocycles. The molecule has 0 aromatic heterocycles. The van der Waals surface area contributed by atoms with Gasteiger partial charge in [0.05, 0.1) is 24.7 Å². The normalized spacial score (nSPS) is 16.9. The Balaban J connectivity index is 1.44. The number of rotatable bonds is 8. The number of thiocarbonyl (C=S) groups is 1. The van der Waals surface area contributed by atoms with Gasteiger partial charge in [-0.3, -0.25) is 19.8 Å². The van der Waals surface area contributed by atoms with E-state index in [1.54, 1.807) is 59.5 Å². The highest BCUT2D eigenvalue weighted by Crippen LogP contribution is 2.34. The fraction of sp³-hybridized carbons (Fsp3) is 0.280. The zero-order valence-electron chi connectivity index (χ0n) is 19.6. The van der Waals surface area contributed by atoms with Crippen molar-refractivity contribution < 1.29 is 28.6 Å². The molecule has 2 aliphatic rings. The molecule has 1 N–H and O–H groups in total. The first-order valence-corrected chi connectivity index (χ1v) is 12.6. The molecule has 0 spiro atoms. The third-order valence-corrected chi connectivity index (χ3v) is 6.63. The summed E-state index contributed by atoms with van der Waals surface area (Å²) in [6.07, 6.45) is 1.67. The fourth-order valence-electron chi connectivity index (χ4n) is 3.52. The number of hydrazine groups is 1. The first kappa shape index (κ1) is 25.7. The van der Waals surface area contributed by atoms with Crippen LogP contribution in [0, 0.1) is 0 Å². The number of amides is 3. The lowest BCUT2D eigenvalue weighted by molar-refractivity contribution is -0.137. The maximum atomic E-state index is 12.9. The third kappa shape index (κ3) is 6.23. The van der Waals surface area contributed by atoms with Crippen LogP contribution in [0.3, 0.4) is 0 Å². The molecule has 2 aromatic carbocycles. The first-order valence-electron chi connectivity index (χ1n) is 11.4. The molecule has 2 aromatic rings. The van der Waals surface area contributed by atoms with Crippen molar-refractivity contribution in [3.8, 4) is 11.5 Å². The Labute approximate surface area is 218 Å². The molecule has 0 unspecified atom stereocenters. The van der Waals surface area contributed by atoms with Gasteiger partial charge >= 0.3 is 0 Å². The van der Waals surface area contributed by atoms with Crippen molar-refractivity contribution in [1.29, 1.82) is 0 Å². The Bertz CT molecular complexity index is 1180. The summed E-state index contributed by atoms with van der Waals surface area (Å²) in [5.74, 6) is -0.0956. The van der Waals surface area contributed by atoms with Crippen molar-refractivity contribution in [2.75, 3.05) is 39.5 Å². The van der Waals surface area contributed by atoms with Crippen LogP contribution in [0.5, 0.6) is 11.5 Å².